The third-order valence-corrected chi connectivity index (χ3v) is 4.35. The first-order valence-corrected chi connectivity index (χ1v) is 8.57. The van der Waals surface area contributed by atoms with Gasteiger partial charge in [0.2, 0.25) is 11.8 Å². The first-order chi connectivity index (χ1) is 11.6. The molecule has 1 aliphatic heterocycles. The lowest BCUT2D eigenvalue weighted by Crippen LogP contribution is -2.25. The van der Waals surface area contributed by atoms with Crippen molar-refractivity contribution in [1.82, 2.24) is 0 Å². The molecule has 0 radical (unpaired) electrons. The van der Waals surface area contributed by atoms with Crippen molar-refractivity contribution in [3.05, 3.63) is 64.6 Å². The van der Waals surface area contributed by atoms with Crippen LogP contribution in [0.3, 0.4) is 0 Å². The Labute approximate surface area is 149 Å². The normalized spacial score (nSPS) is 14.4. The molecule has 0 bridgehead atoms. The van der Waals surface area contributed by atoms with E-state index in [4.69, 9.17) is 0 Å². The number of nitrogens with one attached hydrogen (secondary N) is 1. The van der Waals surface area contributed by atoms with Gasteiger partial charge in [-0.1, -0.05) is 40.2 Å². The summed E-state index contributed by atoms with van der Waals surface area (Å²) in [5.74, 6) is -0.126. The maximum atomic E-state index is 12.2. The summed E-state index contributed by atoms with van der Waals surface area (Å²) in [6.07, 6.45) is 4.66. The van der Waals surface area contributed by atoms with Gasteiger partial charge in [-0.05, 0) is 42.3 Å². The van der Waals surface area contributed by atoms with Crippen LogP contribution in [-0.2, 0) is 9.59 Å². The Morgan fingerprint density at radius 3 is 2.58 bits per heavy atom. The average Bonchev–Trinajstić information content (AvgIpc) is 3.01. The molecule has 1 N–H and O–H groups in total. The summed E-state index contributed by atoms with van der Waals surface area (Å²) in [5.41, 5.74) is 2.35. The molecule has 5 heteroatoms. The van der Waals surface area contributed by atoms with E-state index in [1.54, 1.807) is 11.0 Å². The number of rotatable bonds is 4. The lowest BCUT2D eigenvalue weighted by molar-refractivity contribution is -0.117. The van der Waals surface area contributed by atoms with Gasteiger partial charge >= 0.3 is 0 Å². The fourth-order valence-electron chi connectivity index (χ4n) is 2.64. The molecule has 0 aliphatic carbocycles. The van der Waals surface area contributed by atoms with Gasteiger partial charge in [-0.15, -0.1) is 0 Å². The van der Waals surface area contributed by atoms with Crippen LogP contribution in [0.25, 0.3) is 6.08 Å². The molecule has 0 atom stereocenters. The van der Waals surface area contributed by atoms with E-state index in [2.05, 4.69) is 21.2 Å². The Morgan fingerprint density at radius 1 is 1.12 bits per heavy atom. The van der Waals surface area contributed by atoms with Crippen molar-refractivity contribution >= 4 is 45.2 Å². The molecule has 122 valence electrons. The summed E-state index contributed by atoms with van der Waals surface area (Å²) in [6.45, 7) is 0.695. The number of para-hydroxylation sites is 2. The van der Waals surface area contributed by atoms with E-state index in [1.165, 1.54) is 6.08 Å². The summed E-state index contributed by atoms with van der Waals surface area (Å²) in [6, 6.07) is 15.1. The number of carbonyl (C=O) groups is 2. The molecule has 0 aromatic heterocycles. The summed E-state index contributed by atoms with van der Waals surface area (Å²) in [4.78, 5) is 25.9. The fraction of sp³-hybridized carbons (Fsp3) is 0.158. The Hall–Kier alpha value is -2.40. The molecule has 4 nitrogen and oxygen atoms in total. The van der Waals surface area contributed by atoms with Gasteiger partial charge in [0.05, 0.1) is 11.4 Å². The van der Waals surface area contributed by atoms with E-state index in [0.717, 1.165) is 22.1 Å². The lowest BCUT2D eigenvalue weighted by Gasteiger charge is -2.19. The van der Waals surface area contributed by atoms with Crippen molar-refractivity contribution in [2.75, 3.05) is 16.8 Å². The van der Waals surface area contributed by atoms with Crippen molar-refractivity contribution in [3.63, 3.8) is 0 Å². The highest BCUT2D eigenvalue weighted by molar-refractivity contribution is 9.10. The Bertz CT molecular complexity index is 784. The second-order valence-electron chi connectivity index (χ2n) is 5.54. The van der Waals surface area contributed by atoms with Gasteiger partial charge in [0, 0.05) is 23.5 Å². The SMILES string of the molecule is O=C(/C=C/c1ccc(Br)cc1)Nc1ccccc1N1CCCC1=O. The minimum Gasteiger partial charge on any atom is -0.321 e. The Kier molecular flexibility index (Phi) is 5.11. The molecule has 2 aromatic rings. The average molecular weight is 385 g/mol. The molecule has 0 spiro atoms. The molecule has 1 heterocycles. The van der Waals surface area contributed by atoms with E-state index in [-0.39, 0.29) is 11.8 Å². The standard InChI is InChI=1S/C19H17BrN2O2/c20-15-10-7-14(8-11-15)9-12-18(23)21-16-4-1-2-5-17(16)22-13-3-6-19(22)24/h1-2,4-5,7-12H,3,6,13H2,(H,21,23)/b12-9+. The quantitative estimate of drug-likeness (QED) is 0.801. The zero-order valence-electron chi connectivity index (χ0n) is 13.0. The smallest absolute Gasteiger partial charge is 0.248 e. The number of benzene rings is 2. The van der Waals surface area contributed by atoms with Gasteiger partial charge in [0.15, 0.2) is 0 Å². The molecule has 1 aliphatic rings. The van der Waals surface area contributed by atoms with Crippen molar-refractivity contribution in [2.45, 2.75) is 12.8 Å². The maximum Gasteiger partial charge on any atom is 0.248 e. The van der Waals surface area contributed by atoms with Crippen LogP contribution in [-0.4, -0.2) is 18.4 Å². The molecule has 0 unspecified atom stereocenters. The molecule has 0 saturated carbocycles. The fourth-order valence-corrected chi connectivity index (χ4v) is 2.90. The minimum absolute atomic E-state index is 0.0992. The van der Waals surface area contributed by atoms with E-state index in [1.807, 2.05) is 48.5 Å². The van der Waals surface area contributed by atoms with Crippen LogP contribution >= 0.6 is 15.9 Å². The Balaban J connectivity index is 1.72. The van der Waals surface area contributed by atoms with Crippen LogP contribution in [0, 0.1) is 0 Å². The second-order valence-corrected chi connectivity index (χ2v) is 6.46. The summed E-state index contributed by atoms with van der Waals surface area (Å²) in [5, 5.41) is 2.86. The largest absolute Gasteiger partial charge is 0.321 e. The van der Waals surface area contributed by atoms with Crippen molar-refractivity contribution in [3.8, 4) is 0 Å². The van der Waals surface area contributed by atoms with Crippen LogP contribution in [0.2, 0.25) is 0 Å². The maximum absolute atomic E-state index is 12.2. The topological polar surface area (TPSA) is 49.4 Å². The number of halogens is 1. The predicted molar refractivity (Wildman–Crippen MR) is 99.8 cm³/mol. The van der Waals surface area contributed by atoms with Crippen LogP contribution < -0.4 is 10.2 Å². The molecule has 2 amide bonds. The highest BCUT2D eigenvalue weighted by Gasteiger charge is 2.23. The van der Waals surface area contributed by atoms with Crippen LogP contribution in [0.4, 0.5) is 11.4 Å². The van der Waals surface area contributed by atoms with Crippen molar-refractivity contribution in [1.29, 1.82) is 0 Å². The van der Waals surface area contributed by atoms with Gasteiger partial charge in [0.25, 0.3) is 0 Å². The van der Waals surface area contributed by atoms with Gasteiger partial charge in [0.1, 0.15) is 0 Å². The molecule has 1 fully saturated rings. The first kappa shape index (κ1) is 16.5. The van der Waals surface area contributed by atoms with Gasteiger partial charge in [-0.25, -0.2) is 0 Å². The van der Waals surface area contributed by atoms with E-state index >= 15 is 0 Å². The van der Waals surface area contributed by atoms with Crippen molar-refractivity contribution in [2.24, 2.45) is 0 Å². The van der Waals surface area contributed by atoms with Crippen LogP contribution in [0.1, 0.15) is 18.4 Å². The summed E-state index contributed by atoms with van der Waals surface area (Å²) < 4.78 is 0.994. The highest BCUT2D eigenvalue weighted by Crippen LogP contribution is 2.29. The Morgan fingerprint density at radius 2 is 1.88 bits per heavy atom. The number of hydrogen-bond acceptors (Lipinski definition) is 2. The molecule has 24 heavy (non-hydrogen) atoms. The van der Waals surface area contributed by atoms with Gasteiger partial charge < -0.3 is 10.2 Å². The molecule has 2 aromatic carbocycles. The van der Waals surface area contributed by atoms with E-state index in [0.29, 0.717) is 18.7 Å². The summed E-state index contributed by atoms with van der Waals surface area (Å²) in [7, 11) is 0. The van der Waals surface area contributed by atoms with Gasteiger partial charge in [-0.2, -0.15) is 0 Å². The third kappa shape index (κ3) is 3.92. The number of anilines is 2. The molecule has 1 saturated heterocycles. The second kappa shape index (κ2) is 7.45. The third-order valence-electron chi connectivity index (χ3n) is 3.82. The lowest BCUT2D eigenvalue weighted by atomic mass is 10.2. The highest BCUT2D eigenvalue weighted by atomic mass is 79.9. The monoisotopic (exact) mass is 384 g/mol. The number of hydrogen-bond donors (Lipinski definition) is 1. The number of amides is 2. The van der Waals surface area contributed by atoms with Crippen molar-refractivity contribution < 1.29 is 9.59 Å². The summed E-state index contributed by atoms with van der Waals surface area (Å²) >= 11 is 3.38. The van der Waals surface area contributed by atoms with Crippen LogP contribution in [0.5, 0.6) is 0 Å². The van der Waals surface area contributed by atoms with Crippen LogP contribution in [0.15, 0.2) is 59.1 Å². The zero-order chi connectivity index (χ0) is 16.9. The molecular weight excluding hydrogens is 368 g/mol. The number of nitrogens with zero attached hydrogens (tertiary/aromatic N) is 1. The zero-order valence-corrected chi connectivity index (χ0v) is 14.6. The molecular formula is C19H17BrN2O2. The van der Waals surface area contributed by atoms with E-state index < -0.39 is 0 Å². The number of carbonyl (C=O) groups excluding carboxylic acids is 2. The molecule has 3 rings (SSSR count). The van der Waals surface area contributed by atoms with E-state index in [9.17, 15) is 9.59 Å². The predicted octanol–water partition coefficient (Wildman–Crippen LogP) is 4.23. The first-order valence-electron chi connectivity index (χ1n) is 7.77. The van der Waals surface area contributed by atoms with Gasteiger partial charge in [-0.3, -0.25) is 9.59 Å². The minimum atomic E-state index is -0.225.